The van der Waals surface area contributed by atoms with E-state index in [2.05, 4.69) is 49.2 Å². The topological polar surface area (TPSA) is 9.23 Å². The summed E-state index contributed by atoms with van der Waals surface area (Å²) in [6.07, 6.45) is 0. The molecule has 0 saturated heterocycles. The Balaban J connectivity index is 2.19. The Bertz CT molecular complexity index is 589. The van der Waals surface area contributed by atoms with E-state index >= 15 is 0 Å². The molecule has 2 rings (SSSR count). The van der Waals surface area contributed by atoms with Gasteiger partial charge in [0.1, 0.15) is 0 Å². The number of hydrogen-bond acceptors (Lipinski definition) is 1. The summed E-state index contributed by atoms with van der Waals surface area (Å²) in [5.74, 6) is 6.35. The smallest absolute Gasteiger partial charge is 0.217 e. The van der Waals surface area contributed by atoms with Crippen LogP contribution in [0.2, 0.25) is 13.1 Å². The van der Waals surface area contributed by atoms with Crippen molar-refractivity contribution >= 4 is 13.5 Å². The minimum Gasteiger partial charge on any atom is -0.416 e. The van der Waals surface area contributed by atoms with Crippen LogP contribution in [0.4, 0.5) is 0 Å². The minimum atomic E-state index is -1.71. The second-order valence-electron chi connectivity index (χ2n) is 4.91. The molecule has 0 aliphatic carbocycles. The molecule has 0 aromatic heterocycles. The van der Waals surface area contributed by atoms with Gasteiger partial charge in [0, 0.05) is 18.2 Å². The number of hydrogen-bond donors (Lipinski definition) is 0. The van der Waals surface area contributed by atoms with Gasteiger partial charge in [0.15, 0.2) is 0 Å². The van der Waals surface area contributed by atoms with Crippen LogP contribution in [0.25, 0.3) is 0 Å². The van der Waals surface area contributed by atoms with Gasteiger partial charge in [0.05, 0.1) is 0 Å². The van der Waals surface area contributed by atoms with Gasteiger partial charge in [-0.3, -0.25) is 0 Å². The molecule has 2 aromatic rings. The van der Waals surface area contributed by atoms with Crippen LogP contribution in [-0.4, -0.2) is 15.4 Å². The minimum absolute atomic E-state index is 1.04. The standard InChI is InChI=1S/C17H18OSi/c1-18-19(2,3)17-13-11-16(12-14-17)10-9-15-7-5-4-6-8-15/h4-8,11-14H,1-3H3. The van der Waals surface area contributed by atoms with Crippen LogP contribution < -0.4 is 5.19 Å². The Morgan fingerprint density at radius 2 is 1.32 bits per heavy atom. The predicted molar refractivity (Wildman–Crippen MR) is 83.0 cm³/mol. The average molecular weight is 266 g/mol. The van der Waals surface area contributed by atoms with Crippen LogP contribution in [0, 0.1) is 11.8 Å². The lowest BCUT2D eigenvalue weighted by molar-refractivity contribution is 0.416. The summed E-state index contributed by atoms with van der Waals surface area (Å²) in [7, 11) is 0.0757. The van der Waals surface area contributed by atoms with E-state index in [9.17, 15) is 0 Å². The second-order valence-corrected chi connectivity index (χ2v) is 8.91. The van der Waals surface area contributed by atoms with Crippen molar-refractivity contribution in [2.75, 3.05) is 7.11 Å². The summed E-state index contributed by atoms with van der Waals surface area (Å²) < 4.78 is 5.60. The fourth-order valence-electron chi connectivity index (χ4n) is 1.74. The highest BCUT2D eigenvalue weighted by Gasteiger charge is 2.22. The number of rotatable bonds is 2. The molecule has 0 unspecified atom stereocenters. The van der Waals surface area contributed by atoms with E-state index in [0.717, 1.165) is 11.1 Å². The van der Waals surface area contributed by atoms with Crippen LogP contribution in [0.15, 0.2) is 54.6 Å². The first-order valence-electron chi connectivity index (χ1n) is 6.34. The summed E-state index contributed by atoms with van der Waals surface area (Å²) in [5.41, 5.74) is 2.08. The Labute approximate surface area is 116 Å². The zero-order valence-electron chi connectivity index (χ0n) is 11.6. The van der Waals surface area contributed by atoms with Gasteiger partial charge in [-0.25, -0.2) is 0 Å². The van der Waals surface area contributed by atoms with Crippen molar-refractivity contribution in [3.63, 3.8) is 0 Å². The summed E-state index contributed by atoms with van der Waals surface area (Å²) in [4.78, 5) is 0. The van der Waals surface area contributed by atoms with Gasteiger partial charge in [0.2, 0.25) is 8.32 Å². The third-order valence-electron chi connectivity index (χ3n) is 3.22. The average Bonchev–Trinajstić information content (AvgIpc) is 2.47. The largest absolute Gasteiger partial charge is 0.416 e. The molecule has 2 aromatic carbocycles. The summed E-state index contributed by atoms with van der Waals surface area (Å²) in [5, 5.41) is 1.29. The van der Waals surface area contributed by atoms with E-state index in [0.29, 0.717) is 0 Å². The monoisotopic (exact) mass is 266 g/mol. The van der Waals surface area contributed by atoms with Crippen LogP contribution in [0.3, 0.4) is 0 Å². The molecular weight excluding hydrogens is 248 g/mol. The first-order valence-corrected chi connectivity index (χ1v) is 9.25. The maximum Gasteiger partial charge on any atom is 0.217 e. The second kappa shape index (κ2) is 5.88. The van der Waals surface area contributed by atoms with Crippen molar-refractivity contribution in [3.8, 4) is 11.8 Å². The first kappa shape index (κ1) is 13.6. The maximum atomic E-state index is 5.60. The highest BCUT2D eigenvalue weighted by Crippen LogP contribution is 2.05. The number of benzene rings is 2. The van der Waals surface area contributed by atoms with Gasteiger partial charge < -0.3 is 4.43 Å². The molecule has 19 heavy (non-hydrogen) atoms. The van der Waals surface area contributed by atoms with E-state index in [1.807, 2.05) is 30.3 Å². The third kappa shape index (κ3) is 3.57. The van der Waals surface area contributed by atoms with Crippen molar-refractivity contribution in [2.24, 2.45) is 0 Å². The first-order chi connectivity index (χ1) is 9.12. The van der Waals surface area contributed by atoms with Crippen molar-refractivity contribution < 1.29 is 4.43 Å². The zero-order valence-corrected chi connectivity index (χ0v) is 12.6. The van der Waals surface area contributed by atoms with Crippen molar-refractivity contribution in [3.05, 3.63) is 65.7 Å². The Kier molecular flexibility index (Phi) is 4.21. The molecule has 2 heteroatoms. The molecule has 0 heterocycles. The summed E-state index contributed by atoms with van der Waals surface area (Å²) >= 11 is 0. The molecule has 0 saturated carbocycles. The van der Waals surface area contributed by atoms with Gasteiger partial charge in [-0.15, -0.1) is 0 Å². The molecule has 0 fully saturated rings. The van der Waals surface area contributed by atoms with Crippen molar-refractivity contribution in [1.29, 1.82) is 0 Å². The van der Waals surface area contributed by atoms with Crippen molar-refractivity contribution in [2.45, 2.75) is 13.1 Å². The lowest BCUT2D eigenvalue weighted by Gasteiger charge is -2.20. The third-order valence-corrected chi connectivity index (χ3v) is 5.96. The van der Waals surface area contributed by atoms with Gasteiger partial charge in [0.25, 0.3) is 0 Å². The van der Waals surface area contributed by atoms with E-state index in [1.165, 1.54) is 5.19 Å². The molecule has 0 spiro atoms. The molecule has 0 bridgehead atoms. The molecule has 0 radical (unpaired) electrons. The van der Waals surface area contributed by atoms with Crippen LogP contribution in [-0.2, 0) is 4.43 Å². The van der Waals surface area contributed by atoms with Gasteiger partial charge in [-0.05, 0) is 42.5 Å². The zero-order chi connectivity index (χ0) is 13.7. The summed E-state index contributed by atoms with van der Waals surface area (Å²) in [6, 6.07) is 18.4. The quantitative estimate of drug-likeness (QED) is 0.599. The lowest BCUT2D eigenvalue weighted by Crippen LogP contribution is -2.43. The molecule has 0 aliphatic heterocycles. The van der Waals surface area contributed by atoms with E-state index < -0.39 is 8.32 Å². The highest BCUT2D eigenvalue weighted by molar-refractivity contribution is 6.84. The van der Waals surface area contributed by atoms with Crippen molar-refractivity contribution in [1.82, 2.24) is 0 Å². The van der Waals surface area contributed by atoms with Gasteiger partial charge >= 0.3 is 0 Å². The van der Waals surface area contributed by atoms with Crippen LogP contribution in [0.1, 0.15) is 11.1 Å². The molecule has 1 nitrogen and oxygen atoms in total. The summed E-state index contributed by atoms with van der Waals surface area (Å²) in [6.45, 7) is 4.38. The predicted octanol–water partition coefficient (Wildman–Crippen LogP) is 3.14. The van der Waals surface area contributed by atoms with Gasteiger partial charge in [-0.2, -0.15) is 0 Å². The Morgan fingerprint density at radius 1 is 0.789 bits per heavy atom. The maximum absolute atomic E-state index is 5.60. The van der Waals surface area contributed by atoms with E-state index in [4.69, 9.17) is 4.43 Å². The molecule has 96 valence electrons. The van der Waals surface area contributed by atoms with Crippen LogP contribution in [0.5, 0.6) is 0 Å². The molecule has 0 amide bonds. The molecular formula is C17H18OSi. The Hall–Kier alpha value is -1.82. The van der Waals surface area contributed by atoms with E-state index in [1.54, 1.807) is 7.11 Å². The SMILES string of the molecule is CO[Si](C)(C)c1ccc(C#Cc2ccccc2)cc1. The lowest BCUT2D eigenvalue weighted by atomic mass is 10.2. The molecule has 0 atom stereocenters. The fraction of sp³-hybridized carbons (Fsp3) is 0.176. The fourth-order valence-corrected chi connectivity index (χ4v) is 2.94. The van der Waals surface area contributed by atoms with Crippen LogP contribution >= 0.6 is 0 Å². The molecule has 0 aliphatic rings. The Morgan fingerprint density at radius 3 is 1.84 bits per heavy atom. The van der Waals surface area contributed by atoms with Gasteiger partial charge in [-0.1, -0.05) is 42.2 Å². The molecule has 0 N–H and O–H groups in total. The normalized spacial score (nSPS) is 10.7. The van der Waals surface area contributed by atoms with E-state index in [-0.39, 0.29) is 0 Å². The highest BCUT2D eigenvalue weighted by atomic mass is 28.4.